The quantitative estimate of drug-likeness (QED) is 0.778. The molecule has 2 heterocycles. The number of anilines is 1. The van der Waals surface area contributed by atoms with E-state index in [0.717, 1.165) is 62.4 Å². The summed E-state index contributed by atoms with van der Waals surface area (Å²) in [4.78, 5) is 17.7. The zero-order chi connectivity index (χ0) is 19.5. The number of rotatable bonds is 6. The summed E-state index contributed by atoms with van der Waals surface area (Å²) in [6, 6.07) is 16.5. The Labute approximate surface area is 168 Å². The largest absolute Gasteiger partial charge is 0.385 e. The predicted molar refractivity (Wildman–Crippen MR) is 115 cm³/mol. The molecule has 2 atom stereocenters. The van der Waals surface area contributed by atoms with E-state index in [0.29, 0.717) is 11.8 Å². The normalized spacial score (nSPS) is 21.7. The average molecular weight is 378 g/mol. The third kappa shape index (κ3) is 4.07. The SMILES string of the molecule is Cc1cccc(C)c1C(=O)N1CC2CN(CCCNc3ccccc3)CC2C1. The first-order valence-electron chi connectivity index (χ1n) is 10.5. The van der Waals surface area contributed by atoms with Crippen molar-refractivity contribution >= 4 is 11.6 Å². The highest BCUT2D eigenvalue weighted by atomic mass is 16.2. The van der Waals surface area contributed by atoms with E-state index in [2.05, 4.69) is 39.4 Å². The van der Waals surface area contributed by atoms with Gasteiger partial charge in [-0.3, -0.25) is 4.79 Å². The number of para-hydroxylation sites is 1. The lowest BCUT2D eigenvalue weighted by Gasteiger charge is -2.23. The highest BCUT2D eigenvalue weighted by Crippen LogP contribution is 2.32. The lowest BCUT2D eigenvalue weighted by atomic mass is 10.0. The molecule has 2 aliphatic rings. The number of hydrogen-bond donors (Lipinski definition) is 1. The first kappa shape index (κ1) is 19.0. The number of nitrogens with zero attached hydrogens (tertiary/aromatic N) is 2. The monoisotopic (exact) mass is 377 g/mol. The van der Waals surface area contributed by atoms with E-state index < -0.39 is 0 Å². The minimum absolute atomic E-state index is 0.226. The van der Waals surface area contributed by atoms with Crippen molar-refractivity contribution < 1.29 is 4.79 Å². The number of nitrogens with one attached hydrogen (secondary N) is 1. The van der Waals surface area contributed by atoms with Crippen LogP contribution in [-0.4, -0.2) is 55.0 Å². The van der Waals surface area contributed by atoms with Gasteiger partial charge < -0.3 is 15.1 Å². The van der Waals surface area contributed by atoms with Crippen molar-refractivity contribution in [1.82, 2.24) is 9.80 Å². The average Bonchev–Trinajstić information content (AvgIpc) is 3.24. The molecule has 148 valence electrons. The van der Waals surface area contributed by atoms with Gasteiger partial charge in [0.1, 0.15) is 0 Å². The third-order valence-corrected chi connectivity index (χ3v) is 6.30. The number of carbonyl (C=O) groups is 1. The number of fused-ring (bicyclic) bond motifs is 1. The second-order valence-corrected chi connectivity index (χ2v) is 8.40. The number of amides is 1. The summed E-state index contributed by atoms with van der Waals surface area (Å²) >= 11 is 0. The Kier molecular flexibility index (Phi) is 5.67. The fourth-order valence-corrected chi connectivity index (χ4v) is 4.84. The molecule has 0 aliphatic carbocycles. The van der Waals surface area contributed by atoms with Crippen molar-refractivity contribution in [2.45, 2.75) is 20.3 Å². The summed E-state index contributed by atoms with van der Waals surface area (Å²) in [5.41, 5.74) is 4.29. The van der Waals surface area contributed by atoms with Crippen LogP contribution < -0.4 is 5.32 Å². The summed E-state index contributed by atoms with van der Waals surface area (Å²) in [5.74, 6) is 1.49. The molecule has 28 heavy (non-hydrogen) atoms. The Balaban J connectivity index is 1.24. The van der Waals surface area contributed by atoms with E-state index in [4.69, 9.17) is 0 Å². The third-order valence-electron chi connectivity index (χ3n) is 6.30. The van der Waals surface area contributed by atoms with Crippen LogP contribution in [0.25, 0.3) is 0 Å². The van der Waals surface area contributed by atoms with Gasteiger partial charge in [0.15, 0.2) is 0 Å². The van der Waals surface area contributed by atoms with Crippen LogP contribution >= 0.6 is 0 Å². The van der Waals surface area contributed by atoms with Gasteiger partial charge >= 0.3 is 0 Å². The summed E-state index contributed by atoms with van der Waals surface area (Å²) in [6.07, 6.45) is 1.15. The van der Waals surface area contributed by atoms with Gasteiger partial charge in [-0.1, -0.05) is 36.4 Å². The Morgan fingerprint density at radius 3 is 2.21 bits per heavy atom. The molecule has 0 bridgehead atoms. The number of likely N-dealkylation sites (tertiary alicyclic amines) is 2. The van der Waals surface area contributed by atoms with Gasteiger partial charge in [-0.25, -0.2) is 0 Å². The molecule has 2 unspecified atom stereocenters. The van der Waals surface area contributed by atoms with Crippen molar-refractivity contribution in [1.29, 1.82) is 0 Å². The maximum atomic E-state index is 13.1. The van der Waals surface area contributed by atoms with Crippen LogP contribution in [-0.2, 0) is 0 Å². The highest BCUT2D eigenvalue weighted by Gasteiger charge is 2.41. The van der Waals surface area contributed by atoms with Crippen molar-refractivity contribution in [2.75, 3.05) is 44.6 Å². The molecule has 1 N–H and O–H groups in total. The molecule has 2 aromatic rings. The van der Waals surface area contributed by atoms with Gasteiger partial charge in [-0.05, 0) is 61.9 Å². The van der Waals surface area contributed by atoms with E-state index >= 15 is 0 Å². The molecule has 4 rings (SSSR count). The van der Waals surface area contributed by atoms with Gasteiger partial charge in [-0.2, -0.15) is 0 Å². The summed E-state index contributed by atoms with van der Waals surface area (Å²) in [5, 5.41) is 3.49. The second-order valence-electron chi connectivity index (χ2n) is 8.40. The fraction of sp³-hybridized carbons (Fsp3) is 0.458. The topological polar surface area (TPSA) is 35.6 Å². The molecule has 4 heteroatoms. The summed E-state index contributed by atoms with van der Waals surface area (Å²) in [7, 11) is 0. The first-order chi connectivity index (χ1) is 13.6. The highest BCUT2D eigenvalue weighted by molar-refractivity contribution is 5.97. The number of aryl methyl sites for hydroxylation is 2. The van der Waals surface area contributed by atoms with Crippen LogP contribution in [0.5, 0.6) is 0 Å². The molecule has 1 amide bonds. The fourth-order valence-electron chi connectivity index (χ4n) is 4.84. The van der Waals surface area contributed by atoms with Crippen LogP contribution in [0.2, 0.25) is 0 Å². The van der Waals surface area contributed by atoms with Crippen LogP contribution in [0.3, 0.4) is 0 Å². The maximum absolute atomic E-state index is 13.1. The lowest BCUT2D eigenvalue weighted by Crippen LogP contribution is -2.34. The van der Waals surface area contributed by atoms with Crippen LogP contribution in [0.15, 0.2) is 48.5 Å². The number of benzene rings is 2. The van der Waals surface area contributed by atoms with Crippen molar-refractivity contribution in [3.63, 3.8) is 0 Å². The maximum Gasteiger partial charge on any atom is 0.254 e. The predicted octanol–water partition coefficient (Wildman–Crippen LogP) is 3.81. The molecule has 2 aliphatic heterocycles. The van der Waals surface area contributed by atoms with Crippen LogP contribution in [0.1, 0.15) is 27.9 Å². The lowest BCUT2D eigenvalue weighted by molar-refractivity contribution is 0.0772. The minimum atomic E-state index is 0.226. The van der Waals surface area contributed by atoms with E-state index in [9.17, 15) is 4.79 Å². The Bertz CT molecular complexity index is 786. The number of carbonyl (C=O) groups excluding carboxylic acids is 1. The molecule has 4 nitrogen and oxygen atoms in total. The van der Waals surface area contributed by atoms with Crippen LogP contribution in [0.4, 0.5) is 5.69 Å². The van der Waals surface area contributed by atoms with Gasteiger partial charge in [0.2, 0.25) is 0 Å². The van der Waals surface area contributed by atoms with Gasteiger partial charge in [0.25, 0.3) is 5.91 Å². The summed E-state index contributed by atoms with van der Waals surface area (Å²) in [6.45, 7) is 10.3. The van der Waals surface area contributed by atoms with Crippen molar-refractivity contribution in [3.8, 4) is 0 Å². The van der Waals surface area contributed by atoms with Gasteiger partial charge in [0, 0.05) is 44.0 Å². The van der Waals surface area contributed by atoms with Crippen molar-refractivity contribution in [2.24, 2.45) is 11.8 Å². The van der Waals surface area contributed by atoms with Gasteiger partial charge in [-0.15, -0.1) is 0 Å². The molecular formula is C24H31N3O. The Hall–Kier alpha value is -2.33. The van der Waals surface area contributed by atoms with E-state index in [-0.39, 0.29) is 5.91 Å². The molecule has 2 fully saturated rings. The van der Waals surface area contributed by atoms with Crippen molar-refractivity contribution in [3.05, 3.63) is 65.2 Å². The molecule has 0 spiro atoms. The molecule has 0 aromatic heterocycles. The standard InChI is InChI=1S/C24H31N3O/c1-18-8-6-9-19(2)23(18)24(28)27-16-20-14-26(15-21(20)17-27)13-7-12-25-22-10-4-3-5-11-22/h3-6,8-11,20-21,25H,7,12-17H2,1-2H3. The Morgan fingerprint density at radius 1 is 0.929 bits per heavy atom. The van der Waals surface area contributed by atoms with E-state index in [1.165, 1.54) is 5.69 Å². The first-order valence-corrected chi connectivity index (χ1v) is 10.5. The second kappa shape index (κ2) is 8.36. The molecular weight excluding hydrogens is 346 g/mol. The van der Waals surface area contributed by atoms with Crippen LogP contribution in [0, 0.1) is 25.7 Å². The Morgan fingerprint density at radius 2 is 1.57 bits per heavy atom. The zero-order valence-corrected chi connectivity index (χ0v) is 17.0. The van der Waals surface area contributed by atoms with Gasteiger partial charge in [0.05, 0.1) is 0 Å². The zero-order valence-electron chi connectivity index (χ0n) is 17.0. The molecule has 2 aromatic carbocycles. The smallest absolute Gasteiger partial charge is 0.254 e. The van der Waals surface area contributed by atoms with E-state index in [1.807, 2.05) is 38.1 Å². The molecule has 0 radical (unpaired) electrons. The number of hydrogen-bond acceptors (Lipinski definition) is 3. The minimum Gasteiger partial charge on any atom is -0.385 e. The van der Waals surface area contributed by atoms with E-state index in [1.54, 1.807) is 0 Å². The molecule has 0 saturated carbocycles. The summed E-state index contributed by atoms with van der Waals surface area (Å²) < 4.78 is 0. The molecule has 2 saturated heterocycles.